The lowest BCUT2D eigenvalue weighted by molar-refractivity contribution is -0.164. The summed E-state index contributed by atoms with van der Waals surface area (Å²) < 4.78 is 11.3. The predicted molar refractivity (Wildman–Crippen MR) is 258 cm³/mol. The molecule has 5 atom stereocenters. The number of carbonyl (C=O) groups is 7. The van der Waals surface area contributed by atoms with E-state index in [9.17, 15) is 33.6 Å². The first kappa shape index (κ1) is 54.5. The van der Waals surface area contributed by atoms with Gasteiger partial charge >= 0.3 is 5.97 Å². The van der Waals surface area contributed by atoms with Crippen LogP contribution in [0.15, 0.2) is 60.7 Å². The van der Waals surface area contributed by atoms with E-state index in [-0.39, 0.29) is 86.1 Å². The molecule has 5 amide bonds. The van der Waals surface area contributed by atoms with Gasteiger partial charge in [-0.3, -0.25) is 38.5 Å². The Hall–Kier alpha value is -4.86. The first-order chi connectivity index (χ1) is 31.0. The average Bonchev–Trinajstić information content (AvgIpc) is 3.28. The molecular weight excluding hydrogens is 943 g/mol. The Balaban J connectivity index is 1.82. The van der Waals surface area contributed by atoms with Crippen LogP contribution in [0, 0.1) is 24.2 Å². The van der Waals surface area contributed by atoms with Gasteiger partial charge in [-0.1, -0.05) is 111 Å². The topological polar surface area (TPSA) is 201 Å². The summed E-state index contributed by atoms with van der Waals surface area (Å²) in [5.74, 6) is -1.13. The molecule has 1 heterocycles. The number of morpholine rings is 1. The molecule has 0 radical (unpaired) electrons. The molecule has 15 nitrogen and oxygen atoms in total. The number of aryl methyl sites for hydroxylation is 1. The number of hydrogen-bond acceptors (Lipinski definition) is 10. The second kappa shape index (κ2) is 28.9. The van der Waals surface area contributed by atoms with Gasteiger partial charge in [0.25, 0.3) is 0 Å². The molecule has 0 aliphatic carbocycles. The van der Waals surface area contributed by atoms with Crippen molar-refractivity contribution in [1.29, 1.82) is 0 Å². The summed E-state index contributed by atoms with van der Waals surface area (Å²) in [6.07, 6.45) is 7.25. The molecule has 1 aliphatic heterocycles. The number of carbonyl (C=O) groups excluding carboxylic acids is 7. The number of amides is 5. The fourth-order valence-corrected chi connectivity index (χ4v) is 7.79. The number of Topliss-reactive ketones (excluding diaryl/α,β-unsaturated/α-hetero) is 1. The molecule has 3 rings (SSSR count). The Morgan fingerprint density at radius 1 is 0.754 bits per heavy atom. The van der Waals surface area contributed by atoms with Crippen molar-refractivity contribution in [2.45, 2.75) is 122 Å². The minimum Gasteiger partial charge on any atom is -0.450 e. The smallest absolute Gasteiger partial charge is 0.306 e. The number of halogens is 1. The molecule has 0 saturated carbocycles. The van der Waals surface area contributed by atoms with Crippen LogP contribution in [-0.2, 0) is 55.9 Å². The summed E-state index contributed by atoms with van der Waals surface area (Å²) in [6.45, 7) is 11.7. The van der Waals surface area contributed by atoms with Gasteiger partial charge in [-0.2, -0.15) is 0 Å². The van der Waals surface area contributed by atoms with Gasteiger partial charge in [0, 0.05) is 49.7 Å². The number of benzene rings is 2. The fourth-order valence-electron chi connectivity index (χ4n) is 7.26. The van der Waals surface area contributed by atoms with E-state index in [0.29, 0.717) is 39.1 Å². The standard InChI is InChI=1S/C49H69IN6O9/c1-7-8-20-42(57)51-24-15-21-44(59)65-49(6,33-50)45(60)39(29-34(2)3)53-48(63)41(31-37-18-13-10-14-19-37)55-47(62)40(30-35(4)5)54-46(61)38(23-22-36-16-11-9-12-17-36)52-43(58)32-56-25-27-64-28-26-56/h1,9-14,16-19,34-35,38-41H,8,15,20-33H2,2-6H3,(H,51,57)(H,52,58)(H,53,63)(H,54,61)(H,55,62)/t38-,39-,40?,41-,49+/m0/s1. The third-order valence-electron chi connectivity index (χ3n) is 10.8. The van der Waals surface area contributed by atoms with Crippen molar-refractivity contribution in [3.05, 3.63) is 71.8 Å². The Labute approximate surface area is 398 Å². The highest BCUT2D eigenvalue weighted by atomic mass is 127. The van der Waals surface area contributed by atoms with E-state index in [4.69, 9.17) is 15.9 Å². The van der Waals surface area contributed by atoms with Crippen LogP contribution in [0.1, 0.15) is 90.7 Å². The van der Waals surface area contributed by atoms with Crippen LogP contribution in [0.3, 0.4) is 0 Å². The number of esters is 1. The maximum absolute atomic E-state index is 14.4. The molecule has 1 fully saturated rings. The number of nitrogens with zero attached hydrogens (tertiary/aromatic N) is 1. The lowest BCUT2D eigenvalue weighted by atomic mass is 9.90. The highest BCUT2D eigenvalue weighted by molar-refractivity contribution is 14.1. The van der Waals surface area contributed by atoms with E-state index in [1.807, 2.05) is 116 Å². The number of terminal acetylenes is 1. The van der Waals surface area contributed by atoms with E-state index in [1.54, 1.807) is 0 Å². The van der Waals surface area contributed by atoms with Crippen LogP contribution >= 0.6 is 22.6 Å². The summed E-state index contributed by atoms with van der Waals surface area (Å²) in [5, 5.41) is 14.3. The minimum absolute atomic E-state index is 0.0505. The SMILES string of the molecule is C#CCCC(=O)NCCCC(=O)O[C@](C)(CI)C(=O)[C@H](CC(C)C)NC(=O)[C@H](Cc1ccccc1)NC(=O)C(CC(C)C)NC(=O)[C@H](CCc1ccccc1)NC(=O)CN1CCOCC1. The second-order valence-electron chi connectivity index (χ2n) is 17.5. The molecular formula is C49H69IN6O9. The quantitative estimate of drug-likeness (QED) is 0.0274. The van der Waals surface area contributed by atoms with E-state index in [1.165, 1.54) is 6.92 Å². The number of ketones is 1. The average molecular weight is 1010 g/mol. The van der Waals surface area contributed by atoms with Crippen molar-refractivity contribution in [1.82, 2.24) is 31.5 Å². The van der Waals surface area contributed by atoms with Gasteiger partial charge < -0.3 is 36.1 Å². The van der Waals surface area contributed by atoms with Crippen molar-refractivity contribution in [3.63, 3.8) is 0 Å². The molecule has 5 N–H and O–H groups in total. The largest absolute Gasteiger partial charge is 0.450 e. The Morgan fingerprint density at radius 3 is 1.91 bits per heavy atom. The van der Waals surface area contributed by atoms with Crippen LogP contribution < -0.4 is 26.6 Å². The lowest BCUT2D eigenvalue weighted by Gasteiger charge is -2.32. The predicted octanol–water partition coefficient (Wildman–Crippen LogP) is 3.84. The number of ether oxygens (including phenoxy) is 2. The van der Waals surface area contributed by atoms with Crippen LogP contribution in [0.5, 0.6) is 0 Å². The Morgan fingerprint density at radius 2 is 1.31 bits per heavy atom. The normalized spacial score (nSPS) is 15.6. The second-order valence-corrected chi connectivity index (χ2v) is 18.3. The zero-order valence-electron chi connectivity index (χ0n) is 38.6. The van der Waals surface area contributed by atoms with E-state index >= 15 is 0 Å². The molecule has 16 heteroatoms. The van der Waals surface area contributed by atoms with Gasteiger partial charge in [0.05, 0.1) is 25.8 Å². The van der Waals surface area contributed by atoms with Gasteiger partial charge in [0.1, 0.15) is 18.1 Å². The van der Waals surface area contributed by atoms with Crippen molar-refractivity contribution in [2.24, 2.45) is 11.8 Å². The molecule has 65 heavy (non-hydrogen) atoms. The van der Waals surface area contributed by atoms with Crippen molar-refractivity contribution >= 4 is 63.9 Å². The van der Waals surface area contributed by atoms with Crippen LogP contribution in [0.2, 0.25) is 0 Å². The maximum Gasteiger partial charge on any atom is 0.306 e. The molecule has 1 unspecified atom stereocenters. The fraction of sp³-hybridized carbons (Fsp3) is 0.571. The van der Waals surface area contributed by atoms with Gasteiger partial charge in [0.2, 0.25) is 29.5 Å². The van der Waals surface area contributed by atoms with Gasteiger partial charge in [0.15, 0.2) is 11.4 Å². The molecule has 1 saturated heterocycles. The zero-order chi connectivity index (χ0) is 47.8. The number of hydrogen-bond donors (Lipinski definition) is 5. The Kier molecular flexibility index (Phi) is 24.2. The summed E-state index contributed by atoms with van der Waals surface area (Å²) in [6, 6.07) is 14.4. The van der Waals surface area contributed by atoms with E-state index in [2.05, 4.69) is 32.5 Å². The molecule has 1 aliphatic rings. The summed E-state index contributed by atoms with van der Waals surface area (Å²) >= 11 is 1.98. The van der Waals surface area contributed by atoms with Crippen LogP contribution in [0.4, 0.5) is 0 Å². The first-order valence-electron chi connectivity index (χ1n) is 22.6. The monoisotopic (exact) mass is 1010 g/mol. The lowest BCUT2D eigenvalue weighted by Crippen LogP contribution is -2.60. The van der Waals surface area contributed by atoms with Crippen molar-refractivity contribution < 1.29 is 43.0 Å². The summed E-state index contributed by atoms with van der Waals surface area (Å²) in [7, 11) is 0. The molecule has 2 aromatic rings. The molecule has 356 valence electrons. The molecule has 0 spiro atoms. The molecule has 0 aromatic heterocycles. The zero-order valence-corrected chi connectivity index (χ0v) is 40.8. The van der Waals surface area contributed by atoms with E-state index < -0.39 is 59.2 Å². The maximum atomic E-state index is 14.4. The Bertz CT molecular complexity index is 1890. The molecule has 2 aromatic carbocycles. The highest BCUT2D eigenvalue weighted by Crippen LogP contribution is 2.22. The number of rotatable bonds is 28. The van der Waals surface area contributed by atoms with Gasteiger partial charge in [-0.25, -0.2) is 0 Å². The van der Waals surface area contributed by atoms with Crippen molar-refractivity contribution in [3.8, 4) is 12.3 Å². The van der Waals surface area contributed by atoms with Crippen LogP contribution in [0.25, 0.3) is 0 Å². The van der Waals surface area contributed by atoms with Crippen LogP contribution in [-0.4, -0.2) is 120 Å². The van der Waals surface area contributed by atoms with Gasteiger partial charge in [-0.05, 0) is 62.0 Å². The van der Waals surface area contributed by atoms with Gasteiger partial charge in [-0.15, -0.1) is 12.3 Å². The van der Waals surface area contributed by atoms with E-state index in [0.717, 1.165) is 11.1 Å². The number of nitrogens with one attached hydrogen (secondary N) is 5. The highest BCUT2D eigenvalue weighted by Gasteiger charge is 2.42. The minimum atomic E-state index is -1.60. The summed E-state index contributed by atoms with van der Waals surface area (Å²) in [5.41, 5.74) is 0.131. The third-order valence-corrected chi connectivity index (χ3v) is 12.2. The first-order valence-corrected chi connectivity index (χ1v) is 24.2. The third kappa shape index (κ3) is 20.5. The molecule has 0 bridgehead atoms. The number of alkyl halides is 1. The van der Waals surface area contributed by atoms with Crippen molar-refractivity contribution in [2.75, 3.05) is 43.8 Å². The summed E-state index contributed by atoms with van der Waals surface area (Å²) in [4.78, 5) is 97.4.